The van der Waals surface area contributed by atoms with Crippen LogP contribution in [-0.2, 0) is 32.9 Å². The van der Waals surface area contributed by atoms with Crippen molar-refractivity contribution in [2.75, 3.05) is 26.2 Å². The summed E-state index contributed by atoms with van der Waals surface area (Å²) in [5.41, 5.74) is 8.64. The lowest BCUT2D eigenvalue weighted by atomic mass is 10.0. The Labute approximate surface area is 345 Å². The fourth-order valence-electron chi connectivity index (χ4n) is 7.33. The minimum Gasteiger partial charge on any atom is -0.352 e. The first-order valence-corrected chi connectivity index (χ1v) is 22.6. The van der Waals surface area contributed by atoms with Crippen molar-refractivity contribution in [1.29, 1.82) is 0 Å². The molecular formula is C39H44N12O7S2. The number of hydrogen-bond donors (Lipinski definition) is 4. The fraction of sp³-hybridized carbons (Fsp3) is 0.359. The fourth-order valence-corrected chi connectivity index (χ4v) is 10.5. The zero-order chi connectivity index (χ0) is 41.7. The van der Waals surface area contributed by atoms with Gasteiger partial charge in [0.15, 0.2) is 11.6 Å². The Bertz CT molecular complexity index is 2720. The highest BCUT2D eigenvalue weighted by molar-refractivity contribution is 7.89. The first-order valence-electron chi connectivity index (χ1n) is 19.7. The van der Waals surface area contributed by atoms with Crippen LogP contribution in [0.3, 0.4) is 0 Å². The Morgan fingerprint density at radius 1 is 0.667 bits per heavy atom. The van der Waals surface area contributed by atoms with E-state index in [0.29, 0.717) is 103 Å². The highest BCUT2D eigenvalue weighted by Crippen LogP contribution is 2.35. The number of nitrogens with zero attached hydrogens (tertiary/aromatic N) is 8. The van der Waals surface area contributed by atoms with Gasteiger partial charge < -0.3 is 30.1 Å². The minimum atomic E-state index is -3.88. The molecule has 0 spiro atoms. The van der Waals surface area contributed by atoms with Crippen molar-refractivity contribution in [1.82, 2.24) is 54.1 Å². The summed E-state index contributed by atoms with van der Waals surface area (Å²) in [5.74, 6) is 1.29. The molecule has 0 radical (unpaired) electrons. The molecular weight excluding hydrogens is 813 g/mol. The Balaban J connectivity index is 0.000000172. The molecule has 6 heterocycles. The number of amides is 1. The smallest absolute Gasteiger partial charge is 0.277 e. The number of para-hydroxylation sites is 4. The van der Waals surface area contributed by atoms with E-state index in [4.69, 9.17) is 14.8 Å². The van der Waals surface area contributed by atoms with Crippen molar-refractivity contribution < 1.29 is 30.7 Å². The van der Waals surface area contributed by atoms with Crippen molar-refractivity contribution in [2.45, 2.75) is 73.8 Å². The van der Waals surface area contributed by atoms with E-state index in [-0.39, 0.29) is 16.2 Å². The van der Waals surface area contributed by atoms with Gasteiger partial charge in [0.2, 0.25) is 22.1 Å². The molecule has 4 aromatic heterocycles. The number of fused-ring (bicyclic) bond motifs is 2. The van der Waals surface area contributed by atoms with Crippen LogP contribution in [-0.4, -0.2) is 97.7 Å². The van der Waals surface area contributed by atoms with E-state index >= 15 is 0 Å². The van der Waals surface area contributed by atoms with Crippen LogP contribution in [0.25, 0.3) is 22.1 Å². The Kier molecular flexibility index (Phi) is 12.1. The quantitative estimate of drug-likeness (QED) is 0.134. The van der Waals surface area contributed by atoms with Gasteiger partial charge in [0, 0.05) is 44.6 Å². The lowest BCUT2D eigenvalue weighted by Crippen LogP contribution is -2.39. The lowest BCUT2D eigenvalue weighted by Gasteiger charge is -2.31. The van der Waals surface area contributed by atoms with Crippen molar-refractivity contribution in [3.05, 3.63) is 108 Å². The largest absolute Gasteiger partial charge is 0.352 e. The zero-order valence-electron chi connectivity index (χ0n) is 32.5. The first kappa shape index (κ1) is 40.9. The van der Waals surface area contributed by atoms with Gasteiger partial charge in [0.05, 0.1) is 34.2 Å². The SMILES string of the molecule is NCCc1nc(C2CCCCN2S(=O)(=O)c2nc3ccccc3[nH]2)no1.O=C(NCCc1nc(C2CCCCN2S(=O)(=O)c2nc3ccccc3[nH]2)no1)c1ccccc1. The van der Waals surface area contributed by atoms with E-state index < -0.39 is 32.1 Å². The van der Waals surface area contributed by atoms with Gasteiger partial charge in [-0.3, -0.25) is 4.79 Å². The number of benzene rings is 3. The van der Waals surface area contributed by atoms with Crippen LogP contribution < -0.4 is 11.1 Å². The second kappa shape index (κ2) is 17.8. The summed E-state index contributed by atoms with van der Waals surface area (Å²) in [6, 6.07) is 22.3. The molecule has 7 aromatic rings. The highest BCUT2D eigenvalue weighted by Gasteiger charge is 2.40. The third-order valence-corrected chi connectivity index (χ3v) is 13.8. The third kappa shape index (κ3) is 8.70. The number of aromatic amines is 2. The monoisotopic (exact) mass is 856 g/mol. The van der Waals surface area contributed by atoms with Crippen LogP contribution in [0.5, 0.6) is 0 Å². The summed E-state index contributed by atoms with van der Waals surface area (Å²) in [6.45, 7) is 1.46. The molecule has 314 valence electrons. The third-order valence-electron chi connectivity index (χ3n) is 10.3. The van der Waals surface area contributed by atoms with E-state index in [2.05, 4.69) is 45.5 Å². The van der Waals surface area contributed by atoms with Crippen LogP contribution in [0.2, 0.25) is 0 Å². The average Bonchev–Trinajstić information content (AvgIpc) is 4.11. The number of sulfonamides is 2. The zero-order valence-corrected chi connectivity index (χ0v) is 34.1. The lowest BCUT2D eigenvalue weighted by molar-refractivity contribution is 0.0953. The number of rotatable bonds is 12. The minimum absolute atomic E-state index is 0.0590. The number of nitrogens with one attached hydrogen (secondary N) is 3. The summed E-state index contributed by atoms with van der Waals surface area (Å²) in [5, 5.41) is 10.7. The molecule has 2 atom stereocenters. The number of imidazole rings is 2. The second-order valence-corrected chi connectivity index (χ2v) is 18.0. The van der Waals surface area contributed by atoms with Gasteiger partial charge in [-0.25, -0.2) is 26.8 Å². The number of aromatic nitrogens is 8. The number of carbonyl (C=O) groups excluding carboxylic acids is 1. The summed E-state index contributed by atoms with van der Waals surface area (Å²) in [7, 11) is -7.69. The Morgan fingerprint density at radius 3 is 1.65 bits per heavy atom. The number of piperidine rings is 2. The number of hydrogen-bond acceptors (Lipinski definition) is 14. The molecule has 9 rings (SSSR count). The van der Waals surface area contributed by atoms with E-state index in [1.165, 1.54) is 8.61 Å². The van der Waals surface area contributed by atoms with Gasteiger partial charge in [-0.1, -0.05) is 65.6 Å². The number of carbonyl (C=O) groups is 1. The molecule has 0 aliphatic carbocycles. The van der Waals surface area contributed by atoms with Gasteiger partial charge >= 0.3 is 0 Å². The molecule has 1 amide bonds. The van der Waals surface area contributed by atoms with Crippen LogP contribution in [0.15, 0.2) is 98.2 Å². The van der Waals surface area contributed by atoms with Gasteiger partial charge in [-0.05, 0) is 62.1 Å². The maximum Gasteiger partial charge on any atom is 0.277 e. The van der Waals surface area contributed by atoms with Crippen molar-refractivity contribution in [3.63, 3.8) is 0 Å². The molecule has 2 saturated heterocycles. The van der Waals surface area contributed by atoms with E-state index in [1.807, 2.05) is 30.3 Å². The standard InChI is InChI=1S/C23H24N6O4S.C16H20N6O3S/c30-22(16-8-2-1-3-9-16)24-14-13-20-27-21(28-33-20)19-12-6-7-15-29(19)34(31,32)23-25-17-10-4-5-11-18(17)26-23;17-9-8-14-20-15(21-25-14)13-7-3-4-10-22(13)26(23,24)16-18-11-5-1-2-6-12(11)19-16/h1-5,8-11,19H,6-7,12-15H2,(H,24,30)(H,25,26);1-2,5-6,13H,3-4,7-10,17H2,(H,18,19). The van der Waals surface area contributed by atoms with E-state index in [9.17, 15) is 21.6 Å². The molecule has 19 nitrogen and oxygen atoms in total. The van der Waals surface area contributed by atoms with Crippen LogP contribution in [0.4, 0.5) is 0 Å². The van der Waals surface area contributed by atoms with Crippen LogP contribution in [0.1, 0.15) is 84.4 Å². The number of H-pyrrole nitrogens is 2. The van der Waals surface area contributed by atoms with E-state index in [0.717, 1.165) is 25.7 Å². The molecule has 2 fully saturated rings. The van der Waals surface area contributed by atoms with Gasteiger partial charge in [-0.2, -0.15) is 18.6 Å². The molecule has 5 N–H and O–H groups in total. The summed E-state index contributed by atoms with van der Waals surface area (Å²) >= 11 is 0. The predicted molar refractivity (Wildman–Crippen MR) is 217 cm³/mol. The first-order chi connectivity index (χ1) is 29.1. The van der Waals surface area contributed by atoms with Gasteiger partial charge in [0.1, 0.15) is 0 Å². The second-order valence-electron chi connectivity index (χ2n) is 14.4. The Morgan fingerprint density at radius 2 is 1.15 bits per heavy atom. The molecule has 60 heavy (non-hydrogen) atoms. The predicted octanol–water partition coefficient (Wildman–Crippen LogP) is 4.20. The Hall–Kier alpha value is -5.87. The maximum atomic E-state index is 13.4. The van der Waals surface area contributed by atoms with Crippen molar-refractivity contribution in [3.8, 4) is 0 Å². The van der Waals surface area contributed by atoms with Gasteiger partial charge in [0.25, 0.3) is 26.0 Å². The molecule has 21 heteroatoms. The molecule has 0 saturated carbocycles. The molecule has 3 aromatic carbocycles. The van der Waals surface area contributed by atoms with Crippen molar-refractivity contribution in [2.24, 2.45) is 5.73 Å². The molecule has 0 bridgehead atoms. The van der Waals surface area contributed by atoms with Gasteiger partial charge in [-0.15, -0.1) is 0 Å². The highest BCUT2D eigenvalue weighted by atomic mass is 32.2. The summed E-state index contributed by atoms with van der Waals surface area (Å²) < 4.78 is 66.6. The normalized spacial score (nSPS) is 18.0. The molecule has 2 aliphatic rings. The van der Waals surface area contributed by atoms with Crippen LogP contribution >= 0.6 is 0 Å². The topological polar surface area (TPSA) is 265 Å². The summed E-state index contributed by atoms with van der Waals surface area (Å²) in [6.07, 6.45) is 5.32. The van der Waals surface area contributed by atoms with E-state index in [1.54, 1.807) is 48.5 Å². The maximum absolute atomic E-state index is 13.4. The average molecular weight is 857 g/mol. The number of nitrogens with two attached hydrogens (primary N) is 1. The summed E-state index contributed by atoms with van der Waals surface area (Å²) in [4.78, 5) is 35.3. The molecule has 2 aliphatic heterocycles. The van der Waals surface area contributed by atoms with Crippen LogP contribution in [0, 0.1) is 0 Å². The molecule has 2 unspecified atom stereocenters. The van der Waals surface area contributed by atoms with Crippen molar-refractivity contribution >= 4 is 48.0 Å².